The van der Waals surface area contributed by atoms with Crippen LogP contribution in [0, 0.1) is 0 Å². The van der Waals surface area contributed by atoms with Crippen LogP contribution in [0.4, 0.5) is 0 Å². The number of hydrogen-bond acceptors (Lipinski definition) is 3. The Morgan fingerprint density at radius 1 is 1.16 bits per heavy atom. The predicted octanol–water partition coefficient (Wildman–Crippen LogP) is 2.99. The predicted molar refractivity (Wildman–Crippen MR) is 77.5 cm³/mol. The molecule has 3 heteroatoms. The third-order valence-electron chi connectivity index (χ3n) is 4.08. The Bertz CT molecular complexity index is 371. The highest BCUT2D eigenvalue weighted by Crippen LogP contribution is 2.24. The Balaban J connectivity index is 1.89. The number of methoxy groups -OCH3 is 1. The lowest BCUT2D eigenvalue weighted by Crippen LogP contribution is -2.38. The van der Waals surface area contributed by atoms with Crippen molar-refractivity contribution in [2.45, 2.75) is 44.8 Å². The number of aliphatic hydroxyl groups is 1. The number of piperidine rings is 1. The van der Waals surface area contributed by atoms with Crippen LogP contribution < -0.4 is 4.74 Å². The molecular formula is C16H25NO2. The van der Waals surface area contributed by atoms with Crippen LogP contribution in [0.2, 0.25) is 0 Å². The van der Waals surface area contributed by atoms with Gasteiger partial charge in [0.2, 0.25) is 0 Å². The summed E-state index contributed by atoms with van der Waals surface area (Å²) in [6.07, 6.45) is 4.35. The summed E-state index contributed by atoms with van der Waals surface area (Å²) in [6, 6.07) is 8.16. The summed E-state index contributed by atoms with van der Waals surface area (Å²) in [5, 5.41) is 10.3. The van der Waals surface area contributed by atoms with Crippen molar-refractivity contribution < 1.29 is 9.84 Å². The summed E-state index contributed by atoms with van der Waals surface area (Å²) < 4.78 is 5.14. The van der Waals surface area contributed by atoms with Gasteiger partial charge in [0.05, 0.1) is 13.2 Å². The molecule has 0 unspecified atom stereocenters. The maximum Gasteiger partial charge on any atom is 0.118 e. The highest BCUT2D eigenvalue weighted by Gasteiger charge is 2.20. The van der Waals surface area contributed by atoms with Gasteiger partial charge < -0.3 is 14.7 Å². The van der Waals surface area contributed by atoms with Crippen LogP contribution in [-0.2, 0) is 0 Å². The Morgan fingerprint density at radius 2 is 1.79 bits per heavy atom. The van der Waals surface area contributed by atoms with E-state index >= 15 is 0 Å². The van der Waals surface area contributed by atoms with Gasteiger partial charge in [0, 0.05) is 6.04 Å². The van der Waals surface area contributed by atoms with Crippen molar-refractivity contribution >= 4 is 0 Å². The molecule has 0 bridgehead atoms. The standard InChI is InChI=1S/C16H25NO2/c1-13(17-10-4-3-5-11-17)12-16(18)14-6-8-15(19-2)9-7-14/h6-9,13,16,18H,3-5,10-12H2,1-2H3/t13-,16-/m1/s1. The molecule has 1 N–H and O–H groups in total. The van der Waals surface area contributed by atoms with E-state index in [1.807, 2.05) is 24.3 Å². The SMILES string of the molecule is COc1ccc([C@H](O)C[C@@H](C)N2CCCCC2)cc1. The molecule has 1 aliphatic heterocycles. The van der Waals surface area contributed by atoms with E-state index in [-0.39, 0.29) is 6.10 Å². The number of likely N-dealkylation sites (tertiary alicyclic amines) is 1. The monoisotopic (exact) mass is 263 g/mol. The Morgan fingerprint density at radius 3 is 2.37 bits per heavy atom. The van der Waals surface area contributed by atoms with E-state index in [0.717, 1.165) is 17.7 Å². The van der Waals surface area contributed by atoms with Crippen LogP contribution in [-0.4, -0.2) is 36.2 Å². The number of benzene rings is 1. The third-order valence-corrected chi connectivity index (χ3v) is 4.08. The van der Waals surface area contributed by atoms with Crippen LogP contribution in [0.1, 0.15) is 44.3 Å². The Kier molecular flexibility index (Phi) is 5.23. The normalized spacial score (nSPS) is 19.9. The minimum absolute atomic E-state index is 0.386. The molecule has 0 aliphatic carbocycles. The van der Waals surface area contributed by atoms with Crippen molar-refractivity contribution in [3.05, 3.63) is 29.8 Å². The number of aliphatic hydroxyl groups excluding tert-OH is 1. The molecule has 0 saturated carbocycles. The minimum Gasteiger partial charge on any atom is -0.497 e. The van der Waals surface area contributed by atoms with Gasteiger partial charge in [-0.05, 0) is 57.0 Å². The van der Waals surface area contributed by atoms with E-state index in [0.29, 0.717) is 6.04 Å². The first-order valence-corrected chi connectivity index (χ1v) is 7.27. The van der Waals surface area contributed by atoms with Gasteiger partial charge in [0.25, 0.3) is 0 Å². The first-order valence-electron chi connectivity index (χ1n) is 7.27. The van der Waals surface area contributed by atoms with E-state index in [1.54, 1.807) is 7.11 Å². The van der Waals surface area contributed by atoms with Crippen molar-refractivity contribution in [1.82, 2.24) is 4.90 Å². The second kappa shape index (κ2) is 6.92. The zero-order chi connectivity index (χ0) is 13.7. The summed E-state index contributed by atoms with van der Waals surface area (Å²) >= 11 is 0. The summed E-state index contributed by atoms with van der Waals surface area (Å²) in [5.41, 5.74) is 0.977. The van der Waals surface area contributed by atoms with Crippen molar-refractivity contribution in [2.24, 2.45) is 0 Å². The van der Waals surface area contributed by atoms with E-state index in [4.69, 9.17) is 4.74 Å². The molecule has 3 nitrogen and oxygen atoms in total. The molecule has 1 aliphatic rings. The van der Waals surface area contributed by atoms with Crippen LogP contribution in [0.25, 0.3) is 0 Å². The number of rotatable bonds is 5. The van der Waals surface area contributed by atoms with E-state index in [2.05, 4.69) is 11.8 Å². The number of nitrogens with zero attached hydrogens (tertiary/aromatic N) is 1. The summed E-state index contributed by atoms with van der Waals surface area (Å²) in [4.78, 5) is 2.50. The molecule has 1 aromatic carbocycles. The highest BCUT2D eigenvalue weighted by atomic mass is 16.5. The fraction of sp³-hybridized carbons (Fsp3) is 0.625. The topological polar surface area (TPSA) is 32.7 Å². The van der Waals surface area contributed by atoms with Gasteiger partial charge in [0.15, 0.2) is 0 Å². The van der Waals surface area contributed by atoms with Crippen LogP contribution in [0.3, 0.4) is 0 Å². The maximum atomic E-state index is 10.3. The van der Waals surface area contributed by atoms with E-state index < -0.39 is 0 Å². The Labute approximate surface area is 116 Å². The molecule has 0 spiro atoms. The molecule has 106 valence electrons. The van der Waals surface area contributed by atoms with Crippen molar-refractivity contribution in [2.75, 3.05) is 20.2 Å². The molecule has 0 amide bonds. The van der Waals surface area contributed by atoms with Crippen molar-refractivity contribution in [3.63, 3.8) is 0 Å². The fourth-order valence-electron chi connectivity index (χ4n) is 2.79. The second-order valence-corrected chi connectivity index (χ2v) is 5.47. The molecule has 2 rings (SSSR count). The maximum absolute atomic E-state index is 10.3. The molecule has 0 radical (unpaired) electrons. The molecule has 1 fully saturated rings. The van der Waals surface area contributed by atoms with Crippen molar-refractivity contribution in [3.8, 4) is 5.75 Å². The third kappa shape index (κ3) is 3.95. The number of hydrogen-bond donors (Lipinski definition) is 1. The fourth-order valence-corrected chi connectivity index (χ4v) is 2.79. The molecule has 0 aromatic heterocycles. The minimum atomic E-state index is -0.386. The Hall–Kier alpha value is -1.06. The molecule has 19 heavy (non-hydrogen) atoms. The lowest BCUT2D eigenvalue weighted by molar-refractivity contribution is 0.0970. The van der Waals surface area contributed by atoms with Gasteiger partial charge in [-0.3, -0.25) is 0 Å². The lowest BCUT2D eigenvalue weighted by Gasteiger charge is -2.33. The molecule has 1 heterocycles. The summed E-state index contributed by atoms with van der Waals surface area (Å²) in [7, 11) is 1.66. The van der Waals surface area contributed by atoms with Crippen molar-refractivity contribution in [1.29, 1.82) is 0 Å². The lowest BCUT2D eigenvalue weighted by atomic mass is 10.00. The smallest absolute Gasteiger partial charge is 0.118 e. The summed E-state index contributed by atoms with van der Waals surface area (Å²) in [6.45, 7) is 4.57. The molecule has 1 saturated heterocycles. The van der Waals surface area contributed by atoms with E-state index in [9.17, 15) is 5.11 Å². The van der Waals surface area contributed by atoms with Crippen LogP contribution in [0.5, 0.6) is 5.75 Å². The van der Waals surface area contributed by atoms with Gasteiger partial charge in [0.1, 0.15) is 5.75 Å². The van der Waals surface area contributed by atoms with Crippen LogP contribution in [0.15, 0.2) is 24.3 Å². The molecule has 1 aromatic rings. The molecular weight excluding hydrogens is 238 g/mol. The van der Waals surface area contributed by atoms with Gasteiger partial charge >= 0.3 is 0 Å². The first-order chi connectivity index (χ1) is 9.20. The van der Waals surface area contributed by atoms with Gasteiger partial charge in [-0.1, -0.05) is 18.6 Å². The number of ether oxygens (including phenoxy) is 1. The van der Waals surface area contributed by atoms with Gasteiger partial charge in [-0.15, -0.1) is 0 Å². The van der Waals surface area contributed by atoms with Gasteiger partial charge in [-0.25, -0.2) is 0 Å². The largest absolute Gasteiger partial charge is 0.497 e. The van der Waals surface area contributed by atoms with E-state index in [1.165, 1.54) is 32.4 Å². The quantitative estimate of drug-likeness (QED) is 0.886. The average molecular weight is 263 g/mol. The van der Waals surface area contributed by atoms with Crippen LogP contribution >= 0.6 is 0 Å². The van der Waals surface area contributed by atoms with Gasteiger partial charge in [-0.2, -0.15) is 0 Å². The second-order valence-electron chi connectivity index (χ2n) is 5.47. The summed E-state index contributed by atoms with van der Waals surface area (Å²) in [5.74, 6) is 0.833. The zero-order valence-electron chi connectivity index (χ0n) is 12.0. The molecule has 2 atom stereocenters. The highest BCUT2D eigenvalue weighted by molar-refractivity contribution is 5.28. The average Bonchev–Trinajstić information content (AvgIpc) is 2.48. The first kappa shape index (κ1) is 14.4. The zero-order valence-corrected chi connectivity index (χ0v) is 12.0.